The van der Waals surface area contributed by atoms with E-state index in [2.05, 4.69) is 26.1 Å². The maximum Gasteiger partial charge on any atom is 0.307 e. The number of carboxylic acid groups (broad SMARTS) is 1. The Bertz CT molecular complexity index is 519. The quantitative estimate of drug-likeness (QED) is 0.875. The fourth-order valence-electron chi connectivity index (χ4n) is 2.59. The van der Waals surface area contributed by atoms with E-state index in [9.17, 15) is 9.59 Å². The van der Waals surface area contributed by atoms with Crippen molar-refractivity contribution in [3.05, 3.63) is 35.9 Å². The van der Waals surface area contributed by atoms with Crippen LogP contribution in [0.15, 0.2) is 30.3 Å². The predicted molar refractivity (Wildman–Crippen MR) is 80.6 cm³/mol. The molecule has 3 atom stereocenters. The number of carbonyl (C=O) groups is 2. The summed E-state index contributed by atoms with van der Waals surface area (Å²) in [4.78, 5) is 23.1. The van der Waals surface area contributed by atoms with E-state index in [0.29, 0.717) is 6.42 Å². The fraction of sp³-hybridized carbons (Fsp3) is 0.529. The third-order valence-electron chi connectivity index (χ3n) is 3.78. The third-order valence-corrected chi connectivity index (χ3v) is 3.78. The Kier molecular flexibility index (Phi) is 4.35. The van der Waals surface area contributed by atoms with Gasteiger partial charge in [0, 0.05) is 0 Å². The van der Waals surface area contributed by atoms with E-state index in [1.165, 1.54) is 0 Å². The minimum atomic E-state index is -0.873. The largest absolute Gasteiger partial charge is 0.481 e. The Balaban J connectivity index is 2.07. The molecule has 0 spiro atoms. The van der Waals surface area contributed by atoms with Gasteiger partial charge in [-0.1, -0.05) is 51.1 Å². The number of amides is 1. The van der Waals surface area contributed by atoms with Crippen molar-refractivity contribution in [2.75, 3.05) is 0 Å². The topological polar surface area (TPSA) is 66.4 Å². The van der Waals surface area contributed by atoms with E-state index in [-0.39, 0.29) is 23.3 Å². The van der Waals surface area contributed by atoms with Crippen LogP contribution in [0.3, 0.4) is 0 Å². The lowest BCUT2D eigenvalue weighted by Crippen LogP contribution is -2.33. The zero-order valence-corrected chi connectivity index (χ0v) is 12.8. The lowest BCUT2D eigenvalue weighted by Gasteiger charge is -2.27. The molecule has 1 amide bonds. The predicted octanol–water partition coefficient (Wildman–Crippen LogP) is 3.00. The van der Waals surface area contributed by atoms with E-state index < -0.39 is 11.9 Å². The van der Waals surface area contributed by atoms with Crippen molar-refractivity contribution in [1.29, 1.82) is 0 Å². The summed E-state index contributed by atoms with van der Waals surface area (Å²) in [5.74, 6) is -1.88. The first-order valence-electron chi connectivity index (χ1n) is 7.36. The highest BCUT2D eigenvalue weighted by Crippen LogP contribution is 2.40. The standard InChI is InChI=1S/C17H23NO3/c1-17(2,3)10-14(11-7-5-4-6-8-11)18-15(19)12-9-13(12)16(20)21/h4-8,12-14H,9-10H2,1-3H3,(H,18,19)(H,20,21). The van der Waals surface area contributed by atoms with Crippen molar-refractivity contribution in [3.63, 3.8) is 0 Å². The second-order valence-electron chi connectivity index (χ2n) is 7.02. The summed E-state index contributed by atoms with van der Waals surface area (Å²) in [6.45, 7) is 6.39. The van der Waals surface area contributed by atoms with E-state index in [0.717, 1.165) is 12.0 Å². The summed E-state index contributed by atoms with van der Waals surface area (Å²) < 4.78 is 0. The van der Waals surface area contributed by atoms with Gasteiger partial charge in [0.05, 0.1) is 17.9 Å². The van der Waals surface area contributed by atoms with Crippen LogP contribution in [-0.4, -0.2) is 17.0 Å². The van der Waals surface area contributed by atoms with Crippen LogP contribution in [0, 0.1) is 17.3 Å². The highest BCUT2D eigenvalue weighted by molar-refractivity contribution is 5.89. The Hall–Kier alpha value is -1.84. The Morgan fingerprint density at radius 1 is 1.24 bits per heavy atom. The van der Waals surface area contributed by atoms with Crippen LogP contribution in [0.2, 0.25) is 0 Å². The molecule has 0 aromatic heterocycles. The number of carbonyl (C=O) groups excluding carboxylic acids is 1. The van der Waals surface area contributed by atoms with Crippen molar-refractivity contribution in [2.45, 2.75) is 39.7 Å². The minimum absolute atomic E-state index is 0.0730. The van der Waals surface area contributed by atoms with Crippen molar-refractivity contribution < 1.29 is 14.7 Å². The molecule has 1 aliphatic rings. The van der Waals surface area contributed by atoms with Gasteiger partial charge in [0.25, 0.3) is 0 Å². The van der Waals surface area contributed by atoms with Crippen LogP contribution < -0.4 is 5.32 Å². The van der Waals surface area contributed by atoms with Crippen LogP contribution in [0.5, 0.6) is 0 Å². The van der Waals surface area contributed by atoms with Gasteiger partial charge in [-0.2, -0.15) is 0 Å². The first kappa shape index (κ1) is 15.5. The maximum absolute atomic E-state index is 12.2. The van der Waals surface area contributed by atoms with Crippen molar-refractivity contribution in [1.82, 2.24) is 5.32 Å². The highest BCUT2D eigenvalue weighted by Gasteiger charge is 2.48. The van der Waals surface area contributed by atoms with Crippen LogP contribution in [0.25, 0.3) is 0 Å². The molecule has 4 nitrogen and oxygen atoms in total. The van der Waals surface area contributed by atoms with Crippen LogP contribution in [0.4, 0.5) is 0 Å². The minimum Gasteiger partial charge on any atom is -0.481 e. The Labute approximate surface area is 125 Å². The molecule has 0 heterocycles. The molecule has 4 heteroatoms. The first-order chi connectivity index (χ1) is 9.78. The molecule has 2 rings (SSSR count). The van der Waals surface area contributed by atoms with Gasteiger partial charge in [-0.05, 0) is 23.8 Å². The Morgan fingerprint density at radius 2 is 1.86 bits per heavy atom. The van der Waals surface area contributed by atoms with Crippen LogP contribution in [0.1, 0.15) is 45.2 Å². The van der Waals surface area contributed by atoms with Crippen molar-refractivity contribution >= 4 is 11.9 Å². The summed E-state index contributed by atoms with van der Waals surface area (Å²) >= 11 is 0. The maximum atomic E-state index is 12.2. The molecule has 2 N–H and O–H groups in total. The molecule has 0 saturated heterocycles. The molecule has 1 aromatic rings. The molecule has 21 heavy (non-hydrogen) atoms. The third kappa shape index (κ3) is 4.31. The molecule has 1 saturated carbocycles. The van der Waals surface area contributed by atoms with E-state index in [1.54, 1.807) is 0 Å². The summed E-state index contributed by atoms with van der Waals surface area (Å²) in [6.07, 6.45) is 1.27. The van der Waals surface area contributed by atoms with Crippen LogP contribution in [-0.2, 0) is 9.59 Å². The number of hydrogen-bond acceptors (Lipinski definition) is 2. The molecule has 3 unspecified atom stereocenters. The number of hydrogen-bond donors (Lipinski definition) is 2. The first-order valence-corrected chi connectivity index (χ1v) is 7.36. The molecule has 0 bridgehead atoms. The summed E-state index contributed by atoms with van der Waals surface area (Å²) in [6, 6.07) is 9.77. The summed E-state index contributed by atoms with van der Waals surface area (Å²) in [5, 5.41) is 12.0. The molecular formula is C17H23NO3. The van der Waals surface area contributed by atoms with Crippen molar-refractivity contribution in [2.24, 2.45) is 17.3 Å². The Morgan fingerprint density at radius 3 is 2.33 bits per heavy atom. The van der Waals surface area contributed by atoms with Gasteiger partial charge in [0.2, 0.25) is 5.91 Å². The fourth-order valence-corrected chi connectivity index (χ4v) is 2.59. The lowest BCUT2D eigenvalue weighted by atomic mass is 9.85. The van der Waals surface area contributed by atoms with Gasteiger partial charge in [0.15, 0.2) is 0 Å². The summed E-state index contributed by atoms with van der Waals surface area (Å²) in [5.41, 5.74) is 1.14. The van der Waals surface area contributed by atoms with Crippen molar-refractivity contribution in [3.8, 4) is 0 Å². The van der Waals surface area contributed by atoms with Gasteiger partial charge >= 0.3 is 5.97 Å². The number of rotatable bonds is 5. The summed E-state index contributed by atoms with van der Waals surface area (Å²) in [7, 11) is 0. The molecule has 1 aromatic carbocycles. The van der Waals surface area contributed by atoms with Gasteiger partial charge in [0.1, 0.15) is 0 Å². The normalized spacial score (nSPS) is 22.4. The molecule has 1 fully saturated rings. The molecule has 1 aliphatic carbocycles. The second kappa shape index (κ2) is 5.88. The van der Waals surface area contributed by atoms with Gasteiger partial charge in [-0.15, -0.1) is 0 Å². The van der Waals surface area contributed by atoms with Gasteiger partial charge in [-0.25, -0.2) is 0 Å². The zero-order valence-electron chi connectivity index (χ0n) is 12.8. The lowest BCUT2D eigenvalue weighted by molar-refractivity contribution is -0.140. The average Bonchev–Trinajstić information content (AvgIpc) is 3.17. The molecular weight excluding hydrogens is 266 g/mol. The second-order valence-corrected chi connectivity index (χ2v) is 7.02. The number of carboxylic acids is 1. The van der Waals surface area contributed by atoms with E-state index >= 15 is 0 Å². The van der Waals surface area contributed by atoms with Crippen LogP contribution >= 0.6 is 0 Å². The smallest absolute Gasteiger partial charge is 0.307 e. The van der Waals surface area contributed by atoms with E-state index in [1.807, 2.05) is 30.3 Å². The molecule has 0 radical (unpaired) electrons. The van der Waals surface area contributed by atoms with E-state index in [4.69, 9.17) is 5.11 Å². The van der Waals surface area contributed by atoms with Gasteiger partial charge < -0.3 is 10.4 Å². The highest BCUT2D eigenvalue weighted by atomic mass is 16.4. The number of aliphatic carboxylic acids is 1. The average molecular weight is 289 g/mol. The monoisotopic (exact) mass is 289 g/mol. The SMILES string of the molecule is CC(C)(C)CC(NC(=O)C1CC1C(=O)O)c1ccccc1. The number of benzene rings is 1. The zero-order chi connectivity index (χ0) is 15.6. The molecule has 114 valence electrons. The van der Waals surface area contributed by atoms with Gasteiger partial charge in [-0.3, -0.25) is 9.59 Å². The molecule has 0 aliphatic heterocycles. The number of nitrogens with one attached hydrogen (secondary N) is 1.